The summed E-state index contributed by atoms with van der Waals surface area (Å²) in [5.41, 5.74) is 8.14. The Labute approximate surface area is 300 Å². The third-order valence-corrected chi connectivity index (χ3v) is 12.0. The molecule has 50 heavy (non-hydrogen) atoms. The molecule has 1 saturated heterocycles. The molecule has 3 aromatic rings. The number of thiophene rings is 1. The highest BCUT2D eigenvalue weighted by Gasteiger charge is 2.31. The first-order valence-corrected chi connectivity index (χ1v) is 19.1. The van der Waals surface area contributed by atoms with Crippen molar-refractivity contribution in [3.05, 3.63) is 64.1 Å². The first-order chi connectivity index (χ1) is 23.9. The summed E-state index contributed by atoms with van der Waals surface area (Å²) in [5, 5.41) is 14.7. The number of carbonyl (C=O) groups is 3. The summed E-state index contributed by atoms with van der Waals surface area (Å²) in [5.74, 6) is 1.04. The molecule has 2 amide bonds. The maximum Gasteiger partial charge on any atom is 0.327 e. The van der Waals surface area contributed by atoms with E-state index in [0.29, 0.717) is 10.7 Å². The van der Waals surface area contributed by atoms with Crippen molar-refractivity contribution in [2.75, 3.05) is 24.5 Å². The second-order valence-electron chi connectivity index (χ2n) is 15.1. The van der Waals surface area contributed by atoms with Gasteiger partial charge >= 0.3 is 5.97 Å². The van der Waals surface area contributed by atoms with Crippen LogP contribution in [0.5, 0.6) is 0 Å². The Bertz CT molecular complexity index is 1570. The minimum atomic E-state index is -1.26. The monoisotopic (exact) mass is 702 g/mol. The lowest BCUT2D eigenvalue weighted by Crippen LogP contribution is -2.54. The van der Waals surface area contributed by atoms with E-state index in [-0.39, 0.29) is 18.4 Å². The summed E-state index contributed by atoms with van der Waals surface area (Å²) in [6.45, 7) is 10.3. The van der Waals surface area contributed by atoms with Crippen molar-refractivity contribution in [3.63, 3.8) is 0 Å². The molecule has 10 nitrogen and oxygen atoms in total. The zero-order valence-electron chi connectivity index (χ0n) is 30.0. The van der Waals surface area contributed by atoms with Crippen molar-refractivity contribution in [1.82, 2.24) is 20.6 Å². The van der Waals surface area contributed by atoms with Crippen LogP contribution < -0.4 is 21.3 Å². The highest BCUT2D eigenvalue weighted by Crippen LogP contribution is 2.39. The molecule has 1 aliphatic carbocycles. The molecule has 2 aliphatic rings. The maximum absolute atomic E-state index is 13.3. The number of anilines is 1. The summed E-state index contributed by atoms with van der Waals surface area (Å²) in [7, 11) is 0. The molecule has 5 rings (SSSR count). The number of hydrogen-bond acceptors (Lipinski definition) is 8. The molecule has 0 bridgehead atoms. The number of carboxylic acids is 1. The molecule has 0 spiro atoms. The molecule has 11 heteroatoms. The Morgan fingerprint density at radius 3 is 2.12 bits per heavy atom. The average molecular weight is 703 g/mol. The number of amides is 2. The zero-order valence-corrected chi connectivity index (χ0v) is 30.8. The first kappa shape index (κ1) is 37.4. The first-order valence-electron chi connectivity index (χ1n) is 18.3. The molecule has 3 heterocycles. The van der Waals surface area contributed by atoms with Crippen molar-refractivity contribution in [2.45, 2.75) is 103 Å². The fourth-order valence-electron chi connectivity index (χ4n) is 7.44. The zero-order chi connectivity index (χ0) is 35.8. The van der Waals surface area contributed by atoms with Gasteiger partial charge in [0.1, 0.15) is 12.1 Å². The van der Waals surface area contributed by atoms with Crippen molar-refractivity contribution in [1.29, 1.82) is 0 Å². The third-order valence-electron chi connectivity index (χ3n) is 10.5. The van der Waals surface area contributed by atoms with Gasteiger partial charge < -0.3 is 26.4 Å². The van der Waals surface area contributed by atoms with Gasteiger partial charge in [0.2, 0.25) is 5.91 Å². The van der Waals surface area contributed by atoms with Gasteiger partial charge in [-0.3, -0.25) is 9.59 Å². The second-order valence-corrected chi connectivity index (χ2v) is 16.2. The molecule has 2 atom stereocenters. The normalized spacial score (nSPS) is 19.8. The molecule has 5 N–H and O–H groups in total. The van der Waals surface area contributed by atoms with E-state index in [4.69, 9.17) is 5.73 Å². The third kappa shape index (κ3) is 9.69. The maximum atomic E-state index is 13.3. The van der Waals surface area contributed by atoms with Crippen LogP contribution in [-0.2, 0) is 21.4 Å². The molecular formula is C39H54N6O4S. The molecule has 1 aliphatic heterocycles. The molecule has 270 valence electrons. The van der Waals surface area contributed by atoms with E-state index in [1.807, 2.05) is 42.7 Å². The second kappa shape index (κ2) is 16.9. The highest BCUT2D eigenvalue weighted by molar-refractivity contribution is 7.14. The van der Waals surface area contributed by atoms with Crippen LogP contribution in [0.1, 0.15) is 99.2 Å². The van der Waals surface area contributed by atoms with Crippen LogP contribution >= 0.6 is 11.3 Å². The number of benzene rings is 1. The van der Waals surface area contributed by atoms with E-state index in [1.165, 1.54) is 62.7 Å². The van der Waals surface area contributed by atoms with Gasteiger partial charge in [-0.2, -0.15) is 0 Å². The van der Waals surface area contributed by atoms with Crippen LogP contribution in [0.15, 0.2) is 48.8 Å². The predicted molar refractivity (Wildman–Crippen MR) is 199 cm³/mol. The smallest absolute Gasteiger partial charge is 0.327 e. The molecule has 1 saturated carbocycles. The summed E-state index contributed by atoms with van der Waals surface area (Å²) in [4.78, 5) is 51.4. The number of nitrogens with one attached hydrogen (secondary N) is 2. The minimum Gasteiger partial charge on any atom is -0.480 e. The Morgan fingerprint density at radius 1 is 0.920 bits per heavy atom. The number of nitrogens with zero attached hydrogens (tertiary/aromatic N) is 3. The van der Waals surface area contributed by atoms with Gasteiger partial charge in [0.25, 0.3) is 5.91 Å². The fraction of sp³-hybridized carbons (Fsp3) is 0.564. The van der Waals surface area contributed by atoms with Gasteiger partial charge in [-0.15, -0.1) is 11.3 Å². The molecule has 2 aromatic heterocycles. The molecule has 0 unspecified atom stereocenters. The topological polar surface area (TPSA) is 151 Å². The number of aromatic nitrogens is 2. The van der Waals surface area contributed by atoms with Gasteiger partial charge in [-0.1, -0.05) is 77.6 Å². The Balaban J connectivity index is 1.20. The van der Waals surface area contributed by atoms with E-state index in [2.05, 4.69) is 53.2 Å². The highest BCUT2D eigenvalue weighted by atomic mass is 32.1. The van der Waals surface area contributed by atoms with Crippen molar-refractivity contribution < 1.29 is 19.5 Å². The number of rotatable bonds is 13. The van der Waals surface area contributed by atoms with Crippen molar-refractivity contribution in [3.8, 4) is 11.4 Å². The van der Waals surface area contributed by atoms with E-state index in [0.717, 1.165) is 52.5 Å². The Kier molecular flexibility index (Phi) is 12.7. The van der Waals surface area contributed by atoms with Crippen LogP contribution in [0.4, 0.5) is 5.69 Å². The van der Waals surface area contributed by atoms with E-state index < -0.39 is 29.9 Å². The number of hydrogen-bond donors (Lipinski definition) is 4. The van der Waals surface area contributed by atoms with Crippen LogP contribution in [0.3, 0.4) is 0 Å². The van der Waals surface area contributed by atoms with Gasteiger partial charge in [0.15, 0.2) is 5.82 Å². The molecule has 2 fully saturated rings. The number of aliphatic carboxylic acids is 1. The predicted octanol–water partition coefficient (Wildman–Crippen LogP) is 6.19. The van der Waals surface area contributed by atoms with Crippen LogP contribution in [0, 0.1) is 17.8 Å². The number of carboxylic acid groups (broad SMARTS) is 1. The lowest BCUT2D eigenvalue weighted by atomic mass is 9.72. The molecule has 0 radical (unpaired) electrons. The fourth-order valence-corrected chi connectivity index (χ4v) is 8.41. The lowest BCUT2D eigenvalue weighted by Gasteiger charge is -2.39. The van der Waals surface area contributed by atoms with Crippen molar-refractivity contribution in [2.24, 2.45) is 23.5 Å². The van der Waals surface area contributed by atoms with E-state index in [1.54, 1.807) is 6.07 Å². The number of piperidine rings is 1. The quantitative estimate of drug-likeness (QED) is 0.165. The summed E-state index contributed by atoms with van der Waals surface area (Å²) < 4.78 is 0. The Hall–Kier alpha value is -3.83. The van der Waals surface area contributed by atoms with Gasteiger partial charge in [-0.05, 0) is 66.5 Å². The SMILES string of the molecule is CCCC1CCC(C2CCN(c3cnc(-c4ccc(C[C@H](NC(=O)c5ccc(C(C)(C)C)s5)C(=O)N[C@H](CN)C(=O)O)cc4)nc3)CC2)CC1. The lowest BCUT2D eigenvalue weighted by molar-refractivity contribution is -0.141. The minimum absolute atomic E-state index is 0.120. The van der Waals surface area contributed by atoms with Gasteiger partial charge in [0.05, 0.1) is 23.0 Å². The number of carbonyl (C=O) groups excluding carboxylic acids is 2. The Morgan fingerprint density at radius 2 is 1.56 bits per heavy atom. The van der Waals surface area contributed by atoms with Gasteiger partial charge in [-0.25, -0.2) is 14.8 Å². The standard InChI is InChI=1S/C39H54N6O4S/c1-5-6-25-7-11-27(12-8-25)28-17-19-45(20-18-28)30-23-41-35(42-24-30)29-13-9-26(10-14-29)21-31(36(46)44-32(22-40)38(48)49)43-37(47)33-15-16-34(50-33)39(2,3)4/h9-10,13-16,23-25,27-28,31-32H,5-8,11-12,17-22,40H2,1-4H3,(H,43,47)(H,44,46)(H,48,49)/t25?,27?,31-,32+/m0/s1. The van der Waals surface area contributed by atoms with E-state index >= 15 is 0 Å². The van der Waals surface area contributed by atoms with Crippen LogP contribution in [-0.4, -0.2) is 64.6 Å². The average Bonchev–Trinajstić information content (AvgIpc) is 3.63. The van der Waals surface area contributed by atoms with E-state index in [9.17, 15) is 19.5 Å². The molecular weight excluding hydrogens is 649 g/mol. The summed E-state index contributed by atoms with van der Waals surface area (Å²) in [6, 6.07) is 8.93. The molecule has 1 aromatic carbocycles. The largest absolute Gasteiger partial charge is 0.480 e. The van der Waals surface area contributed by atoms with Crippen LogP contribution in [0.2, 0.25) is 0 Å². The number of nitrogens with two attached hydrogens (primary N) is 1. The van der Waals surface area contributed by atoms with Crippen molar-refractivity contribution >= 4 is 34.8 Å². The summed E-state index contributed by atoms with van der Waals surface area (Å²) in [6.07, 6.45) is 14.8. The van der Waals surface area contributed by atoms with Crippen LogP contribution in [0.25, 0.3) is 11.4 Å². The van der Waals surface area contributed by atoms with Gasteiger partial charge in [0, 0.05) is 36.5 Å². The summed E-state index contributed by atoms with van der Waals surface area (Å²) >= 11 is 1.37.